The lowest BCUT2D eigenvalue weighted by Gasteiger charge is -2.22. The second-order valence-electron chi connectivity index (χ2n) is 6.51. The Morgan fingerprint density at radius 1 is 1.11 bits per heavy atom. The van der Waals surface area contributed by atoms with Gasteiger partial charge in [-0.15, -0.1) is 0 Å². The fourth-order valence-electron chi connectivity index (χ4n) is 3.39. The number of halogens is 2. The molecule has 140 valence electrons. The van der Waals surface area contributed by atoms with E-state index in [9.17, 15) is 8.78 Å². The van der Waals surface area contributed by atoms with E-state index in [0.29, 0.717) is 29.6 Å². The number of ether oxygens (including phenoxy) is 2. The minimum Gasteiger partial charge on any atom is -0.497 e. The minimum atomic E-state index is -0.880. The average molecular weight is 371 g/mol. The molecule has 0 aliphatic carbocycles. The van der Waals surface area contributed by atoms with Gasteiger partial charge in [0.2, 0.25) is 0 Å². The van der Waals surface area contributed by atoms with Crippen LogP contribution in [-0.2, 0) is 4.74 Å². The molecular weight excluding hydrogens is 352 g/mol. The number of fused-ring (bicyclic) bond motifs is 1. The van der Waals surface area contributed by atoms with Crippen LogP contribution in [-0.4, -0.2) is 29.7 Å². The van der Waals surface area contributed by atoms with Crippen molar-refractivity contribution in [2.24, 2.45) is 0 Å². The number of anilines is 1. The van der Waals surface area contributed by atoms with Crippen molar-refractivity contribution in [1.29, 1.82) is 0 Å². The first-order valence-electron chi connectivity index (χ1n) is 8.70. The van der Waals surface area contributed by atoms with E-state index in [0.717, 1.165) is 23.4 Å². The van der Waals surface area contributed by atoms with Crippen LogP contribution in [0.15, 0.2) is 36.4 Å². The summed E-state index contributed by atoms with van der Waals surface area (Å²) < 4.78 is 38.0. The highest BCUT2D eigenvalue weighted by atomic mass is 19.2. The van der Waals surface area contributed by atoms with Crippen LogP contribution >= 0.6 is 0 Å². The first kappa shape index (κ1) is 17.6. The Morgan fingerprint density at radius 2 is 1.96 bits per heavy atom. The summed E-state index contributed by atoms with van der Waals surface area (Å²) in [6, 6.07) is 9.34. The van der Waals surface area contributed by atoms with Gasteiger partial charge in [0, 0.05) is 12.0 Å². The van der Waals surface area contributed by atoms with Gasteiger partial charge in [-0.1, -0.05) is 6.07 Å². The molecule has 1 aromatic heterocycles. The van der Waals surface area contributed by atoms with Gasteiger partial charge in [0.1, 0.15) is 23.5 Å². The fourth-order valence-corrected chi connectivity index (χ4v) is 3.39. The first-order chi connectivity index (χ1) is 13.0. The highest BCUT2D eigenvalue weighted by Gasteiger charge is 2.31. The summed E-state index contributed by atoms with van der Waals surface area (Å²) in [5, 5.41) is 4.24. The van der Waals surface area contributed by atoms with E-state index in [4.69, 9.17) is 9.47 Å². The van der Waals surface area contributed by atoms with Crippen LogP contribution in [0.1, 0.15) is 23.9 Å². The van der Waals surface area contributed by atoms with Crippen molar-refractivity contribution in [3.63, 3.8) is 0 Å². The standard InChI is InChI=1S/C20H19F2N3O2/c1-11-23-17-6-4-13(26-2)10-14(17)20(24-11)25-18-7-8-27-19(18)12-3-5-15(21)16(22)9-12/h3-6,9-10,18-19H,7-8H2,1-2H3,(H,23,24,25). The Bertz CT molecular complexity index is 996. The van der Waals surface area contributed by atoms with Crippen molar-refractivity contribution < 1.29 is 18.3 Å². The van der Waals surface area contributed by atoms with E-state index in [2.05, 4.69) is 15.3 Å². The van der Waals surface area contributed by atoms with Gasteiger partial charge in [0.15, 0.2) is 11.6 Å². The molecule has 1 aliphatic rings. The number of hydrogen-bond acceptors (Lipinski definition) is 5. The maximum absolute atomic E-state index is 13.6. The zero-order valence-corrected chi connectivity index (χ0v) is 15.0. The Labute approximate surface area is 155 Å². The number of methoxy groups -OCH3 is 1. The summed E-state index contributed by atoms with van der Waals surface area (Å²) in [4.78, 5) is 8.99. The number of nitrogens with one attached hydrogen (secondary N) is 1. The lowest BCUT2D eigenvalue weighted by Crippen LogP contribution is -2.24. The van der Waals surface area contributed by atoms with E-state index in [1.807, 2.05) is 25.1 Å². The van der Waals surface area contributed by atoms with Crippen LogP contribution in [0.5, 0.6) is 5.75 Å². The van der Waals surface area contributed by atoms with Gasteiger partial charge < -0.3 is 14.8 Å². The molecule has 2 heterocycles. The van der Waals surface area contributed by atoms with Gasteiger partial charge in [-0.25, -0.2) is 18.7 Å². The van der Waals surface area contributed by atoms with Crippen LogP contribution < -0.4 is 10.1 Å². The summed E-state index contributed by atoms with van der Waals surface area (Å²) in [5.41, 5.74) is 1.39. The van der Waals surface area contributed by atoms with Crippen molar-refractivity contribution in [2.45, 2.75) is 25.5 Å². The Kier molecular flexibility index (Phi) is 4.61. The zero-order chi connectivity index (χ0) is 19.0. The van der Waals surface area contributed by atoms with E-state index in [1.165, 1.54) is 6.07 Å². The third kappa shape index (κ3) is 3.42. The third-order valence-corrected chi connectivity index (χ3v) is 4.70. The number of rotatable bonds is 4. The minimum absolute atomic E-state index is 0.126. The zero-order valence-electron chi connectivity index (χ0n) is 15.0. The number of benzene rings is 2. The molecule has 3 aromatic rings. The third-order valence-electron chi connectivity index (χ3n) is 4.70. The molecule has 5 nitrogen and oxygen atoms in total. The quantitative estimate of drug-likeness (QED) is 0.746. The molecule has 0 saturated carbocycles. The normalized spacial score (nSPS) is 19.4. The Hall–Kier alpha value is -2.80. The van der Waals surface area contributed by atoms with Gasteiger partial charge in [-0.05, 0) is 49.2 Å². The van der Waals surface area contributed by atoms with E-state index in [-0.39, 0.29) is 6.04 Å². The lowest BCUT2D eigenvalue weighted by atomic mass is 10.0. The molecule has 2 aromatic carbocycles. The Balaban J connectivity index is 1.69. The van der Waals surface area contributed by atoms with Crippen molar-refractivity contribution >= 4 is 16.7 Å². The van der Waals surface area contributed by atoms with Crippen LogP contribution in [0.3, 0.4) is 0 Å². The lowest BCUT2D eigenvalue weighted by molar-refractivity contribution is 0.107. The van der Waals surface area contributed by atoms with Crippen molar-refractivity contribution in [3.05, 3.63) is 59.4 Å². The molecule has 7 heteroatoms. The number of hydrogen-bond donors (Lipinski definition) is 1. The highest BCUT2D eigenvalue weighted by Crippen LogP contribution is 2.34. The maximum Gasteiger partial charge on any atom is 0.159 e. The predicted molar refractivity (Wildman–Crippen MR) is 97.9 cm³/mol. The molecular formula is C20H19F2N3O2. The second kappa shape index (κ2) is 7.08. The molecule has 2 unspecified atom stereocenters. The maximum atomic E-state index is 13.6. The number of nitrogens with zero attached hydrogens (tertiary/aromatic N) is 2. The van der Waals surface area contributed by atoms with E-state index < -0.39 is 17.7 Å². The van der Waals surface area contributed by atoms with Crippen LogP contribution in [0, 0.1) is 18.6 Å². The molecule has 4 rings (SSSR count). The summed E-state index contributed by atoms with van der Waals surface area (Å²) in [5.74, 6) is 0.261. The van der Waals surface area contributed by atoms with Gasteiger partial charge in [0.05, 0.1) is 18.7 Å². The smallest absolute Gasteiger partial charge is 0.159 e. The van der Waals surface area contributed by atoms with E-state index in [1.54, 1.807) is 13.2 Å². The van der Waals surface area contributed by atoms with Gasteiger partial charge in [0.25, 0.3) is 0 Å². The predicted octanol–water partition coefficient (Wildman–Crippen LogP) is 4.17. The Morgan fingerprint density at radius 3 is 2.74 bits per heavy atom. The highest BCUT2D eigenvalue weighted by molar-refractivity contribution is 5.90. The monoisotopic (exact) mass is 371 g/mol. The SMILES string of the molecule is COc1ccc2nc(C)nc(NC3CCOC3c3ccc(F)c(F)c3)c2c1. The topological polar surface area (TPSA) is 56.3 Å². The molecule has 0 amide bonds. The second-order valence-corrected chi connectivity index (χ2v) is 6.51. The molecule has 2 atom stereocenters. The summed E-state index contributed by atoms with van der Waals surface area (Å²) in [6.07, 6.45) is 0.328. The molecule has 1 saturated heterocycles. The number of aryl methyl sites for hydroxylation is 1. The number of aromatic nitrogens is 2. The molecule has 0 bridgehead atoms. The summed E-state index contributed by atoms with van der Waals surface area (Å²) >= 11 is 0. The van der Waals surface area contributed by atoms with Crippen molar-refractivity contribution in [1.82, 2.24) is 9.97 Å². The first-order valence-corrected chi connectivity index (χ1v) is 8.70. The molecule has 27 heavy (non-hydrogen) atoms. The molecule has 1 fully saturated rings. The average Bonchev–Trinajstić information content (AvgIpc) is 3.11. The van der Waals surface area contributed by atoms with Crippen LogP contribution in [0.2, 0.25) is 0 Å². The summed E-state index contributed by atoms with van der Waals surface area (Å²) in [6.45, 7) is 2.35. The van der Waals surface area contributed by atoms with Crippen LogP contribution in [0.4, 0.5) is 14.6 Å². The van der Waals surface area contributed by atoms with E-state index >= 15 is 0 Å². The molecule has 0 radical (unpaired) electrons. The largest absolute Gasteiger partial charge is 0.497 e. The van der Waals surface area contributed by atoms with Crippen molar-refractivity contribution in [2.75, 3.05) is 19.0 Å². The molecule has 1 N–H and O–H groups in total. The van der Waals surface area contributed by atoms with Gasteiger partial charge in [-0.3, -0.25) is 0 Å². The van der Waals surface area contributed by atoms with Crippen molar-refractivity contribution in [3.8, 4) is 5.75 Å². The van der Waals surface area contributed by atoms with Gasteiger partial charge in [-0.2, -0.15) is 0 Å². The van der Waals surface area contributed by atoms with Gasteiger partial charge >= 0.3 is 0 Å². The fraction of sp³-hybridized carbons (Fsp3) is 0.300. The van der Waals surface area contributed by atoms with Crippen LogP contribution in [0.25, 0.3) is 10.9 Å². The molecule has 1 aliphatic heterocycles. The summed E-state index contributed by atoms with van der Waals surface area (Å²) in [7, 11) is 1.60. The molecule has 0 spiro atoms.